The number of esters is 1. The van der Waals surface area contributed by atoms with E-state index >= 15 is 0 Å². The van der Waals surface area contributed by atoms with Gasteiger partial charge in [0.15, 0.2) is 0 Å². The van der Waals surface area contributed by atoms with Crippen molar-refractivity contribution in [1.82, 2.24) is 10.2 Å². The molecule has 55 heavy (non-hydrogen) atoms. The molecule has 0 radical (unpaired) electrons. The molecule has 2 amide bonds. The van der Waals surface area contributed by atoms with Gasteiger partial charge in [0.05, 0.1) is 0 Å². The molecular formula is C47H50N2O6. The molecule has 4 bridgehead atoms. The molecule has 0 fully saturated rings. The number of carbonyl (C=O) groups excluding carboxylic acids is 3. The summed E-state index contributed by atoms with van der Waals surface area (Å²) in [6.07, 6.45) is 2.52. The predicted octanol–water partition coefficient (Wildman–Crippen LogP) is 8.49. The Bertz CT molecular complexity index is 2040. The zero-order valence-electron chi connectivity index (χ0n) is 31.9. The molecule has 3 atom stereocenters. The molecule has 284 valence electrons. The molecule has 6 rings (SSSR count). The SMILES string of the molecule is CCCC[C@@H]1NC(=O)C(C)Cc2cc(ccc2OCc2ccccc2)-c2ccc(OCc3ccccc3)c(c2)CC(C(=O)OCc2ccccc2)N(C)C1=O. The fourth-order valence-electron chi connectivity index (χ4n) is 6.80. The Labute approximate surface area is 324 Å². The van der Waals surface area contributed by atoms with Crippen molar-refractivity contribution in [3.8, 4) is 22.6 Å². The van der Waals surface area contributed by atoms with Crippen molar-refractivity contribution in [2.75, 3.05) is 7.05 Å². The summed E-state index contributed by atoms with van der Waals surface area (Å²) >= 11 is 0. The lowest BCUT2D eigenvalue weighted by Gasteiger charge is -2.31. The third-order valence-electron chi connectivity index (χ3n) is 10.1. The van der Waals surface area contributed by atoms with Crippen LogP contribution in [0.3, 0.4) is 0 Å². The molecule has 1 N–H and O–H groups in total. The van der Waals surface area contributed by atoms with Gasteiger partial charge in [-0.05, 0) is 76.1 Å². The molecule has 1 heterocycles. The minimum atomic E-state index is -1.00. The van der Waals surface area contributed by atoms with E-state index in [1.807, 2.05) is 135 Å². The van der Waals surface area contributed by atoms with Crippen molar-refractivity contribution in [2.24, 2.45) is 5.92 Å². The van der Waals surface area contributed by atoms with Crippen molar-refractivity contribution < 1.29 is 28.6 Å². The van der Waals surface area contributed by atoms with Crippen LogP contribution in [0.2, 0.25) is 0 Å². The zero-order chi connectivity index (χ0) is 38.6. The fourth-order valence-corrected chi connectivity index (χ4v) is 6.80. The van der Waals surface area contributed by atoms with E-state index in [1.165, 1.54) is 4.90 Å². The lowest BCUT2D eigenvalue weighted by molar-refractivity contribution is -0.156. The molecule has 1 aliphatic heterocycles. The maximum atomic E-state index is 14.4. The second-order valence-electron chi connectivity index (χ2n) is 14.3. The van der Waals surface area contributed by atoms with Gasteiger partial charge in [0.2, 0.25) is 11.8 Å². The number of nitrogens with zero attached hydrogens (tertiary/aromatic N) is 1. The number of carbonyl (C=O) groups is 3. The first-order chi connectivity index (χ1) is 26.8. The highest BCUT2D eigenvalue weighted by Crippen LogP contribution is 2.34. The number of ether oxygens (including phenoxy) is 3. The van der Waals surface area contributed by atoms with Gasteiger partial charge in [0.25, 0.3) is 0 Å². The Balaban J connectivity index is 1.42. The standard InChI is InChI=1S/C47H50N2O6/c1-4-5-21-41-46(51)49(3)42(47(52)55-32-36-19-13-8-14-20-36)29-40-28-38(23-25-44(40)54-31-35-17-11-7-12-18-35)37-22-24-43(53-30-34-15-9-6-10-16-34)39(27-37)26-33(2)45(50)48-41/h6-20,22-25,27-28,33,41-42H,4-5,21,26,29-32H2,1-3H3,(H,48,50)/t33?,41-,42?/m0/s1. The lowest BCUT2D eigenvalue weighted by Crippen LogP contribution is -2.54. The van der Waals surface area contributed by atoms with Gasteiger partial charge in [-0.2, -0.15) is 0 Å². The Morgan fingerprint density at radius 2 is 1.18 bits per heavy atom. The van der Waals surface area contributed by atoms with Crippen molar-refractivity contribution in [3.05, 3.63) is 155 Å². The van der Waals surface area contributed by atoms with Gasteiger partial charge in [0.1, 0.15) is 43.4 Å². The van der Waals surface area contributed by atoms with Crippen molar-refractivity contribution in [1.29, 1.82) is 0 Å². The highest BCUT2D eigenvalue weighted by Gasteiger charge is 2.35. The van der Waals surface area contributed by atoms with Crippen LogP contribution < -0.4 is 14.8 Å². The first-order valence-electron chi connectivity index (χ1n) is 19.2. The highest BCUT2D eigenvalue weighted by atomic mass is 16.5. The van der Waals surface area contributed by atoms with E-state index in [0.29, 0.717) is 37.6 Å². The number of fused-ring (bicyclic) bond motifs is 5. The lowest BCUT2D eigenvalue weighted by atomic mass is 9.94. The predicted molar refractivity (Wildman–Crippen MR) is 214 cm³/mol. The van der Waals surface area contributed by atoms with Crippen LogP contribution in [-0.2, 0) is 51.8 Å². The number of benzene rings is 5. The van der Waals surface area contributed by atoms with Crippen LogP contribution >= 0.6 is 0 Å². The molecule has 5 aromatic carbocycles. The zero-order valence-corrected chi connectivity index (χ0v) is 31.9. The first-order valence-corrected chi connectivity index (χ1v) is 19.2. The number of likely N-dealkylation sites (N-methyl/N-ethyl adjacent to an activating group) is 1. The second kappa shape index (κ2) is 18.9. The maximum Gasteiger partial charge on any atom is 0.329 e. The smallest absolute Gasteiger partial charge is 0.329 e. The van der Waals surface area contributed by atoms with E-state index in [4.69, 9.17) is 14.2 Å². The van der Waals surface area contributed by atoms with Crippen LogP contribution in [-0.4, -0.2) is 41.8 Å². The molecule has 8 nitrogen and oxygen atoms in total. The molecule has 2 unspecified atom stereocenters. The fraction of sp³-hybridized carbons (Fsp3) is 0.298. The monoisotopic (exact) mass is 738 g/mol. The van der Waals surface area contributed by atoms with Gasteiger partial charge in [-0.25, -0.2) is 4.79 Å². The molecule has 5 aromatic rings. The van der Waals surface area contributed by atoms with Crippen LogP contribution in [0.4, 0.5) is 0 Å². The van der Waals surface area contributed by atoms with E-state index < -0.39 is 24.0 Å². The molecule has 0 spiro atoms. The summed E-state index contributed by atoms with van der Waals surface area (Å²) in [5, 5.41) is 3.06. The summed E-state index contributed by atoms with van der Waals surface area (Å²) < 4.78 is 18.7. The van der Waals surface area contributed by atoms with E-state index in [-0.39, 0.29) is 24.8 Å². The molecule has 0 saturated heterocycles. The van der Waals surface area contributed by atoms with E-state index in [1.54, 1.807) is 7.05 Å². The van der Waals surface area contributed by atoms with Crippen molar-refractivity contribution in [2.45, 2.75) is 77.9 Å². The molecule has 8 heteroatoms. The van der Waals surface area contributed by atoms with Crippen LogP contribution in [0.15, 0.2) is 127 Å². The topological polar surface area (TPSA) is 94.2 Å². The average Bonchev–Trinajstić information content (AvgIpc) is 3.22. The van der Waals surface area contributed by atoms with E-state index in [9.17, 15) is 14.4 Å². The molecule has 1 aliphatic rings. The number of unbranched alkanes of at least 4 members (excludes halogenated alkanes) is 1. The number of nitrogens with one attached hydrogen (secondary N) is 1. The van der Waals surface area contributed by atoms with Crippen molar-refractivity contribution in [3.63, 3.8) is 0 Å². The average molecular weight is 739 g/mol. The summed E-state index contributed by atoms with van der Waals surface area (Å²) in [5.74, 6) is -0.305. The van der Waals surface area contributed by atoms with Gasteiger partial charge < -0.3 is 24.4 Å². The highest BCUT2D eigenvalue weighted by molar-refractivity contribution is 5.91. The number of amides is 2. The molecule has 0 aliphatic carbocycles. The van der Waals surface area contributed by atoms with Crippen molar-refractivity contribution >= 4 is 17.8 Å². The Kier molecular flexibility index (Phi) is 13.4. The Morgan fingerprint density at radius 1 is 0.691 bits per heavy atom. The van der Waals surface area contributed by atoms with Gasteiger partial charge >= 0.3 is 5.97 Å². The van der Waals surface area contributed by atoms with Gasteiger partial charge in [-0.1, -0.05) is 130 Å². The van der Waals surface area contributed by atoms with Gasteiger partial charge in [0, 0.05) is 19.4 Å². The second-order valence-corrected chi connectivity index (χ2v) is 14.3. The largest absolute Gasteiger partial charge is 0.489 e. The normalized spacial score (nSPS) is 17.4. The van der Waals surface area contributed by atoms with Gasteiger partial charge in [-0.3, -0.25) is 9.59 Å². The molecule has 0 aromatic heterocycles. The number of rotatable bonds is 12. The Hall–Kier alpha value is -5.89. The molecule has 0 saturated carbocycles. The number of hydrogen-bond acceptors (Lipinski definition) is 6. The van der Waals surface area contributed by atoms with Crippen LogP contribution in [0, 0.1) is 5.92 Å². The Morgan fingerprint density at radius 3 is 1.69 bits per heavy atom. The molecular weight excluding hydrogens is 689 g/mol. The first kappa shape index (κ1) is 38.8. The van der Waals surface area contributed by atoms with E-state index in [0.717, 1.165) is 51.8 Å². The van der Waals surface area contributed by atoms with Crippen LogP contribution in [0.25, 0.3) is 11.1 Å². The number of hydrogen-bond donors (Lipinski definition) is 1. The maximum absolute atomic E-state index is 14.4. The third kappa shape index (κ3) is 10.4. The van der Waals surface area contributed by atoms with Crippen LogP contribution in [0.5, 0.6) is 11.5 Å². The summed E-state index contributed by atoms with van der Waals surface area (Å²) in [5.41, 5.74) is 6.33. The third-order valence-corrected chi connectivity index (χ3v) is 10.1. The quantitative estimate of drug-likeness (QED) is 0.129. The minimum absolute atomic E-state index is 0.0601. The summed E-state index contributed by atoms with van der Waals surface area (Å²) in [6, 6.07) is 39.5. The summed E-state index contributed by atoms with van der Waals surface area (Å²) in [4.78, 5) is 43.9. The summed E-state index contributed by atoms with van der Waals surface area (Å²) in [7, 11) is 1.62. The van der Waals surface area contributed by atoms with Gasteiger partial charge in [-0.15, -0.1) is 0 Å². The van der Waals surface area contributed by atoms with Crippen LogP contribution in [0.1, 0.15) is 60.9 Å². The minimum Gasteiger partial charge on any atom is -0.489 e. The summed E-state index contributed by atoms with van der Waals surface area (Å²) in [6.45, 7) is 4.68. The van der Waals surface area contributed by atoms with E-state index in [2.05, 4.69) is 11.4 Å².